The number of primary amides is 1. The van der Waals surface area contributed by atoms with Crippen molar-refractivity contribution in [3.8, 4) is 0 Å². The Kier molecular flexibility index (Phi) is 7.49. The zero-order valence-corrected chi connectivity index (χ0v) is 9.60. The second-order valence-electron chi connectivity index (χ2n) is 3.06. The van der Waals surface area contributed by atoms with Gasteiger partial charge in [0.25, 0.3) is 0 Å². The molecule has 88 valence electrons. The number of carbonyl (C=O) groups is 2. The summed E-state index contributed by atoms with van der Waals surface area (Å²) in [5, 5.41) is 0. The average Bonchev–Trinajstić information content (AvgIpc) is 2.31. The Morgan fingerprint density at radius 1 is 1.25 bits per heavy atom. The van der Waals surface area contributed by atoms with E-state index in [-0.39, 0.29) is 11.9 Å². The van der Waals surface area contributed by atoms with Crippen LogP contribution in [0.5, 0.6) is 0 Å². The highest BCUT2D eigenvalue weighted by Gasteiger charge is 1.94. The Morgan fingerprint density at radius 2 is 1.81 bits per heavy atom. The van der Waals surface area contributed by atoms with E-state index in [1.807, 2.05) is 13.0 Å². The Balaban J connectivity index is 0.000000293. The van der Waals surface area contributed by atoms with Crippen LogP contribution in [0.25, 0.3) is 0 Å². The summed E-state index contributed by atoms with van der Waals surface area (Å²) in [6.45, 7) is 1.94. The molecular formula is C12H17NO3. The molecule has 0 fully saturated rings. The molecule has 0 saturated carbocycles. The predicted molar refractivity (Wildman–Crippen MR) is 61.9 cm³/mol. The minimum atomic E-state index is -0.379. The summed E-state index contributed by atoms with van der Waals surface area (Å²) in [5.41, 5.74) is 5.53. The first-order valence-corrected chi connectivity index (χ1v) is 5.03. The van der Waals surface area contributed by atoms with Crippen LogP contribution in [0.3, 0.4) is 0 Å². The molecule has 1 aromatic rings. The number of hydrogen-bond acceptors (Lipinski definition) is 3. The third kappa shape index (κ3) is 6.59. The van der Waals surface area contributed by atoms with Crippen molar-refractivity contribution in [1.82, 2.24) is 0 Å². The number of esters is 1. The van der Waals surface area contributed by atoms with Gasteiger partial charge in [-0.1, -0.05) is 25.1 Å². The van der Waals surface area contributed by atoms with Gasteiger partial charge in [0.1, 0.15) is 0 Å². The van der Waals surface area contributed by atoms with Crippen molar-refractivity contribution >= 4 is 11.9 Å². The minimum absolute atomic E-state index is 0.123. The lowest BCUT2D eigenvalue weighted by molar-refractivity contribution is -0.140. The fourth-order valence-corrected chi connectivity index (χ4v) is 0.909. The number of amides is 1. The molecule has 0 spiro atoms. The molecule has 16 heavy (non-hydrogen) atoms. The first kappa shape index (κ1) is 14.2. The van der Waals surface area contributed by atoms with Gasteiger partial charge in [0.15, 0.2) is 0 Å². The van der Waals surface area contributed by atoms with Gasteiger partial charge in [-0.3, -0.25) is 9.59 Å². The van der Waals surface area contributed by atoms with Gasteiger partial charge in [-0.05, 0) is 18.6 Å². The number of methoxy groups -OCH3 is 1. The second kappa shape index (κ2) is 8.47. The van der Waals surface area contributed by atoms with Crippen molar-refractivity contribution < 1.29 is 14.3 Å². The highest BCUT2D eigenvalue weighted by molar-refractivity contribution is 5.92. The molecule has 1 amide bonds. The third-order valence-corrected chi connectivity index (χ3v) is 1.74. The Labute approximate surface area is 95.4 Å². The molecule has 2 N–H and O–H groups in total. The molecule has 0 atom stereocenters. The normalized spacial score (nSPS) is 8.62. The van der Waals surface area contributed by atoms with Crippen molar-refractivity contribution in [1.29, 1.82) is 0 Å². The Bertz CT molecular complexity index is 322. The van der Waals surface area contributed by atoms with Crippen molar-refractivity contribution in [2.24, 2.45) is 5.73 Å². The fourth-order valence-electron chi connectivity index (χ4n) is 0.909. The van der Waals surface area contributed by atoms with E-state index >= 15 is 0 Å². The second-order valence-corrected chi connectivity index (χ2v) is 3.06. The molecule has 4 nitrogen and oxygen atoms in total. The topological polar surface area (TPSA) is 69.4 Å². The van der Waals surface area contributed by atoms with Crippen LogP contribution in [0.2, 0.25) is 0 Å². The van der Waals surface area contributed by atoms with Crippen LogP contribution in [-0.4, -0.2) is 19.0 Å². The molecule has 0 aliphatic carbocycles. The van der Waals surface area contributed by atoms with Crippen molar-refractivity contribution in [2.45, 2.75) is 19.8 Å². The zero-order valence-electron chi connectivity index (χ0n) is 9.60. The largest absolute Gasteiger partial charge is 0.469 e. The molecule has 0 heterocycles. The summed E-state index contributed by atoms with van der Waals surface area (Å²) >= 11 is 0. The molecule has 1 rings (SSSR count). The van der Waals surface area contributed by atoms with Gasteiger partial charge in [0.05, 0.1) is 7.11 Å². The highest BCUT2D eigenvalue weighted by Crippen LogP contribution is 1.94. The monoisotopic (exact) mass is 223 g/mol. The van der Waals surface area contributed by atoms with Crippen molar-refractivity contribution in [3.05, 3.63) is 35.9 Å². The van der Waals surface area contributed by atoms with E-state index in [1.165, 1.54) is 7.11 Å². The van der Waals surface area contributed by atoms with Gasteiger partial charge in [-0.2, -0.15) is 0 Å². The van der Waals surface area contributed by atoms with E-state index in [0.717, 1.165) is 6.42 Å². The van der Waals surface area contributed by atoms with E-state index in [0.29, 0.717) is 12.0 Å². The average molecular weight is 223 g/mol. The summed E-state index contributed by atoms with van der Waals surface area (Å²) in [5.74, 6) is -0.502. The van der Waals surface area contributed by atoms with E-state index in [9.17, 15) is 9.59 Å². The van der Waals surface area contributed by atoms with Crippen molar-refractivity contribution in [3.63, 3.8) is 0 Å². The van der Waals surface area contributed by atoms with E-state index < -0.39 is 0 Å². The molecule has 0 aliphatic rings. The number of hydrogen-bond donors (Lipinski definition) is 1. The summed E-state index contributed by atoms with van der Waals surface area (Å²) in [6, 6.07) is 8.76. The summed E-state index contributed by atoms with van der Waals surface area (Å²) in [6.07, 6.45) is 1.41. The number of carbonyl (C=O) groups excluding carboxylic acids is 2. The lowest BCUT2D eigenvalue weighted by Crippen LogP contribution is -2.09. The van der Waals surface area contributed by atoms with Gasteiger partial charge < -0.3 is 10.5 Å². The van der Waals surface area contributed by atoms with Crippen LogP contribution in [0.4, 0.5) is 0 Å². The Morgan fingerprint density at radius 3 is 2.06 bits per heavy atom. The van der Waals surface area contributed by atoms with Crippen LogP contribution in [0, 0.1) is 0 Å². The molecular weight excluding hydrogens is 206 g/mol. The molecule has 1 aromatic carbocycles. The molecule has 0 saturated heterocycles. The molecule has 0 aliphatic heterocycles. The standard InChI is InChI=1S/C7H7NO.C5H10O2/c8-7(9)6-4-2-1-3-5-6;1-3-4-5(6)7-2/h1-5H,(H2,8,9);3-4H2,1-2H3. The van der Waals surface area contributed by atoms with E-state index in [1.54, 1.807) is 24.3 Å². The quantitative estimate of drug-likeness (QED) is 0.793. The number of nitrogens with two attached hydrogens (primary N) is 1. The van der Waals surface area contributed by atoms with Gasteiger partial charge in [0, 0.05) is 12.0 Å². The molecule has 0 bridgehead atoms. The maximum atomic E-state index is 10.4. The fraction of sp³-hybridized carbons (Fsp3) is 0.333. The smallest absolute Gasteiger partial charge is 0.305 e. The van der Waals surface area contributed by atoms with Gasteiger partial charge >= 0.3 is 5.97 Å². The summed E-state index contributed by atoms with van der Waals surface area (Å²) < 4.78 is 4.35. The lowest BCUT2D eigenvalue weighted by Gasteiger charge is -1.91. The van der Waals surface area contributed by atoms with E-state index in [4.69, 9.17) is 5.73 Å². The van der Waals surface area contributed by atoms with Crippen LogP contribution < -0.4 is 5.73 Å². The van der Waals surface area contributed by atoms with Crippen LogP contribution in [0.15, 0.2) is 30.3 Å². The predicted octanol–water partition coefficient (Wildman–Crippen LogP) is 1.75. The third-order valence-electron chi connectivity index (χ3n) is 1.74. The first-order chi connectivity index (χ1) is 7.61. The van der Waals surface area contributed by atoms with Crippen LogP contribution >= 0.6 is 0 Å². The maximum absolute atomic E-state index is 10.4. The van der Waals surface area contributed by atoms with Crippen LogP contribution in [0.1, 0.15) is 30.1 Å². The molecule has 0 unspecified atom stereocenters. The number of rotatable bonds is 3. The first-order valence-electron chi connectivity index (χ1n) is 5.03. The minimum Gasteiger partial charge on any atom is -0.469 e. The van der Waals surface area contributed by atoms with Crippen LogP contribution in [-0.2, 0) is 9.53 Å². The molecule has 0 aromatic heterocycles. The lowest BCUT2D eigenvalue weighted by atomic mass is 10.2. The summed E-state index contributed by atoms with van der Waals surface area (Å²) in [7, 11) is 1.40. The van der Waals surface area contributed by atoms with Crippen molar-refractivity contribution in [2.75, 3.05) is 7.11 Å². The summed E-state index contributed by atoms with van der Waals surface area (Å²) in [4.78, 5) is 20.6. The van der Waals surface area contributed by atoms with Gasteiger partial charge in [-0.15, -0.1) is 0 Å². The number of benzene rings is 1. The van der Waals surface area contributed by atoms with Gasteiger partial charge in [-0.25, -0.2) is 0 Å². The Hall–Kier alpha value is -1.84. The zero-order chi connectivity index (χ0) is 12.4. The highest BCUT2D eigenvalue weighted by atomic mass is 16.5. The molecule has 0 radical (unpaired) electrons. The van der Waals surface area contributed by atoms with Gasteiger partial charge in [0.2, 0.25) is 5.91 Å². The maximum Gasteiger partial charge on any atom is 0.305 e. The molecule has 4 heteroatoms. The van der Waals surface area contributed by atoms with E-state index in [2.05, 4.69) is 4.74 Å². The number of ether oxygens (including phenoxy) is 1. The SMILES string of the molecule is CCCC(=O)OC.NC(=O)c1ccccc1.